The van der Waals surface area contributed by atoms with Gasteiger partial charge in [-0.2, -0.15) is 5.26 Å². The maximum absolute atomic E-state index is 11.8. The van der Waals surface area contributed by atoms with Gasteiger partial charge in [-0.05, 0) is 18.9 Å². The monoisotopic (exact) mass is 307 g/mol. The zero-order valence-corrected chi connectivity index (χ0v) is 12.9. The fraction of sp³-hybridized carbons (Fsp3) is 0.500. The Morgan fingerprint density at radius 2 is 2.24 bits per heavy atom. The highest BCUT2D eigenvalue weighted by Crippen LogP contribution is 2.36. The first kappa shape index (κ1) is 15.3. The second kappa shape index (κ2) is 6.59. The van der Waals surface area contributed by atoms with Crippen molar-refractivity contribution in [2.24, 2.45) is 0 Å². The number of fused-ring (bicyclic) bond motifs is 1. The van der Waals surface area contributed by atoms with Crippen LogP contribution in [-0.4, -0.2) is 30.1 Å². The van der Waals surface area contributed by atoms with Crippen molar-refractivity contribution >= 4 is 28.3 Å². The Kier molecular flexibility index (Phi) is 4.81. The van der Waals surface area contributed by atoms with Gasteiger partial charge >= 0.3 is 6.09 Å². The van der Waals surface area contributed by atoms with Crippen LogP contribution >= 0.6 is 11.3 Å². The molecule has 7 heteroatoms. The van der Waals surface area contributed by atoms with Gasteiger partial charge in [0.25, 0.3) is 0 Å². The van der Waals surface area contributed by atoms with E-state index >= 15 is 0 Å². The van der Waals surface area contributed by atoms with Gasteiger partial charge in [-0.25, -0.2) is 4.79 Å². The minimum atomic E-state index is -0.339. The summed E-state index contributed by atoms with van der Waals surface area (Å²) >= 11 is 1.37. The first-order chi connectivity index (χ1) is 10.1. The molecule has 2 rings (SSSR count). The van der Waals surface area contributed by atoms with Crippen molar-refractivity contribution in [1.82, 2.24) is 4.90 Å². The molecular formula is C14H17N3O3S. The zero-order valence-electron chi connectivity index (χ0n) is 12.1. The SMILES string of the molecule is CCOC(=O)N1CCc2c(sc(NC(=O)CC)c2C#N)C1. The van der Waals surface area contributed by atoms with E-state index in [4.69, 9.17) is 4.74 Å². The molecule has 1 aliphatic heterocycles. The summed E-state index contributed by atoms with van der Waals surface area (Å²) in [5.74, 6) is -0.118. The van der Waals surface area contributed by atoms with Crippen LogP contribution in [0, 0.1) is 11.3 Å². The number of hydrogen-bond donors (Lipinski definition) is 1. The highest BCUT2D eigenvalue weighted by atomic mass is 32.1. The molecule has 0 spiro atoms. The van der Waals surface area contributed by atoms with Crippen LogP contribution in [0.4, 0.5) is 9.80 Å². The van der Waals surface area contributed by atoms with Crippen molar-refractivity contribution in [3.8, 4) is 6.07 Å². The lowest BCUT2D eigenvalue weighted by Crippen LogP contribution is -2.35. The molecule has 0 aromatic carbocycles. The van der Waals surface area contributed by atoms with Crippen molar-refractivity contribution in [2.75, 3.05) is 18.5 Å². The lowest BCUT2D eigenvalue weighted by atomic mass is 10.0. The predicted octanol–water partition coefficient (Wildman–Crippen LogP) is 2.48. The van der Waals surface area contributed by atoms with E-state index in [9.17, 15) is 14.9 Å². The normalized spacial score (nSPS) is 13.3. The number of anilines is 1. The van der Waals surface area contributed by atoms with Gasteiger partial charge in [-0.15, -0.1) is 11.3 Å². The van der Waals surface area contributed by atoms with Crippen LogP contribution < -0.4 is 5.32 Å². The van der Waals surface area contributed by atoms with Crippen LogP contribution in [0.3, 0.4) is 0 Å². The van der Waals surface area contributed by atoms with E-state index < -0.39 is 0 Å². The Bertz CT molecular complexity index is 603. The van der Waals surface area contributed by atoms with E-state index in [1.807, 2.05) is 0 Å². The number of hydrogen-bond acceptors (Lipinski definition) is 5. The Morgan fingerprint density at radius 1 is 1.48 bits per heavy atom. The lowest BCUT2D eigenvalue weighted by Gasteiger charge is -2.25. The molecule has 0 unspecified atom stereocenters. The number of thiophene rings is 1. The third kappa shape index (κ3) is 3.16. The molecule has 0 atom stereocenters. The van der Waals surface area contributed by atoms with E-state index in [1.54, 1.807) is 18.7 Å². The number of carbonyl (C=O) groups is 2. The second-order valence-electron chi connectivity index (χ2n) is 4.59. The molecule has 1 aromatic rings. The van der Waals surface area contributed by atoms with Crippen LogP contribution in [0.15, 0.2) is 0 Å². The average molecular weight is 307 g/mol. The molecule has 112 valence electrons. The molecule has 0 radical (unpaired) electrons. The Hall–Kier alpha value is -2.07. The summed E-state index contributed by atoms with van der Waals surface area (Å²) in [5.41, 5.74) is 1.47. The van der Waals surface area contributed by atoms with E-state index in [-0.39, 0.29) is 12.0 Å². The van der Waals surface area contributed by atoms with Crippen molar-refractivity contribution < 1.29 is 14.3 Å². The number of carbonyl (C=O) groups excluding carboxylic acids is 2. The van der Waals surface area contributed by atoms with E-state index in [0.29, 0.717) is 43.1 Å². The van der Waals surface area contributed by atoms with Gasteiger partial charge in [0.05, 0.1) is 18.7 Å². The van der Waals surface area contributed by atoms with Gasteiger partial charge < -0.3 is 15.0 Å². The number of nitrogens with one attached hydrogen (secondary N) is 1. The van der Waals surface area contributed by atoms with Crippen molar-refractivity contribution in [2.45, 2.75) is 33.2 Å². The molecule has 2 amide bonds. The number of rotatable bonds is 3. The highest BCUT2D eigenvalue weighted by molar-refractivity contribution is 7.16. The zero-order chi connectivity index (χ0) is 15.4. The summed E-state index contributed by atoms with van der Waals surface area (Å²) in [6.07, 6.45) is 0.631. The Morgan fingerprint density at radius 3 is 2.86 bits per heavy atom. The van der Waals surface area contributed by atoms with Crippen LogP contribution in [0.5, 0.6) is 0 Å². The summed E-state index contributed by atoms with van der Waals surface area (Å²) in [5, 5.41) is 12.7. The maximum Gasteiger partial charge on any atom is 0.410 e. The molecule has 2 heterocycles. The molecule has 1 aromatic heterocycles. The first-order valence-electron chi connectivity index (χ1n) is 6.86. The van der Waals surface area contributed by atoms with Gasteiger partial charge in [-0.3, -0.25) is 4.79 Å². The van der Waals surface area contributed by atoms with Crippen LogP contribution in [0.25, 0.3) is 0 Å². The minimum absolute atomic E-state index is 0.118. The van der Waals surface area contributed by atoms with Crippen LogP contribution in [0.1, 0.15) is 36.3 Å². The molecule has 0 bridgehead atoms. The number of ether oxygens (including phenoxy) is 1. The van der Waals surface area contributed by atoms with Crippen LogP contribution in [-0.2, 0) is 22.5 Å². The molecule has 0 saturated heterocycles. The molecule has 1 N–H and O–H groups in total. The Balaban J connectivity index is 2.23. The van der Waals surface area contributed by atoms with Crippen molar-refractivity contribution in [3.05, 3.63) is 16.0 Å². The summed E-state index contributed by atoms with van der Waals surface area (Å²) in [6, 6.07) is 2.16. The van der Waals surface area contributed by atoms with Gasteiger partial charge in [0, 0.05) is 17.8 Å². The van der Waals surface area contributed by atoms with E-state index in [2.05, 4.69) is 11.4 Å². The summed E-state index contributed by atoms with van der Waals surface area (Å²) in [4.78, 5) is 25.9. The van der Waals surface area contributed by atoms with Gasteiger partial charge in [0.15, 0.2) is 0 Å². The molecule has 0 saturated carbocycles. The van der Waals surface area contributed by atoms with Crippen LogP contribution in [0.2, 0.25) is 0 Å². The topological polar surface area (TPSA) is 82.4 Å². The fourth-order valence-corrected chi connectivity index (χ4v) is 3.43. The summed E-state index contributed by atoms with van der Waals surface area (Å²) in [6.45, 7) is 4.82. The average Bonchev–Trinajstić information content (AvgIpc) is 2.83. The highest BCUT2D eigenvalue weighted by Gasteiger charge is 2.27. The van der Waals surface area contributed by atoms with Crippen molar-refractivity contribution in [3.63, 3.8) is 0 Å². The Labute approximate surface area is 127 Å². The quantitative estimate of drug-likeness (QED) is 0.930. The maximum atomic E-state index is 11.8. The number of nitriles is 1. The molecule has 21 heavy (non-hydrogen) atoms. The van der Waals surface area contributed by atoms with Gasteiger partial charge in [0.2, 0.25) is 5.91 Å². The number of nitrogens with zero attached hydrogens (tertiary/aromatic N) is 2. The third-order valence-corrected chi connectivity index (χ3v) is 4.40. The molecular weight excluding hydrogens is 290 g/mol. The second-order valence-corrected chi connectivity index (χ2v) is 5.70. The summed E-state index contributed by atoms with van der Waals surface area (Å²) in [7, 11) is 0. The van der Waals surface area contributed by atoms with E-state index in [1.165, 1.54) is 11.3 Å². The first-order valence-corrected chi connectivity index (χ1v) is 7.68. The molecule has 6 nitrogen and oxygen atoms in total. The third-order valence-electron chi connectivity index (χ3n) is 3.27. The van der Waals surface area contributed by atoms with Gasteiger partial charge in [-0.1, -0.05) is 6.92 Å². The molecule has 0 aliphatic carbocycles. The predicted molar refractivity (Wildman–Crippen MR) is 79.1 cm³/mol. The molecule has 1 aliphatic rings. The lowest BCUT2D eigenvalue weighted by molar-refractivity contribution is -0.115. The van der Waals surface area contributed by atoms with Gasteiger partial charge in [0.1, 0.15) is 11.1 Å². The number of amides is 2. The standard InChI is InChI=1S/C14H17N3O3S/c1-3-12(18)16-13-10(7-15)9-5-6-17(8-11(9)21-13)14(19)20-4-2/h3-6,8H2,1-2H3,(H,16,18). The van der Waals surface area contributed by atoms with E-state index in [0.717, 1.165) is 10.4 Å². The minimum Gasteiger partial charge on any atom is -0.450 e. The fourth-order valence-electron chi connectivity index (χ4n) is 2.20. The van der Waals surface area contributed by atoms with Crippen molar-refractivity contribution in [1.29, 1.82) is 5.26 Å². The molecule has 0 fully saturated rings. The smallest absolute Gasteiger partial charge is 0.410 e. The summed E-state index contributed by atoms with van der Waals surface area (Å²) < 4.78 is 5.00. The largest absolute Gasteiger partial charge is 0.450 e.